The fourth-order valence-electron chi connectivity index (χ4n) is 2.89. The molecule has 108 valence electrons. The molecule has 1 aliphatic heterocycles. The molecule has 1 atom stereocenters. The fourth-order valence-corrected chi connectivity index (χ4v) is 2.89. The Kier molecular flexibility index (Phi) is 3.86. The first-order valence-electron chi connectivity index (χ1n) is 7.32. The number of carbonyl (C=O) groups excluding carboxylic acids is 1. The van der Waals surface area contributed by atoms with Gasteiger partial charge in [-0.3, -0.25) is 9.78 Å². The van der Waals surface area contributed by atoms with Crippen molar-refractivity contribution in [2.45, 2.75) is 19.3 Å². The molecule has 1 aromatic carbocycles. The monoisotopic (exact) mass is 281 g/mol. The minimum atomic E-state index is 0.159. The summed E-state index contributed by atoms with van der Waals surface area (Å²) in [6.45, 7) is 3.50. The SMILES string of the molecule is CCN(C(=O)CC1CNc2ccccc21)c1ccncc1. The number of benzene rings is 1. The third-order valence-electron chi connectivity index (χ3n) is 3.95. The van der Waals surface area contributed by atoms with E-state index in [1.807, 2.05) is 36.1 Å². The van der Waals surface area contributed by atoms with Gasteiger partial charge < -0.3 is 10.2 Å². The number of amides is 1. The van der Waals surface area contributed by atoms with Gasteiger partial charge in [-0.1, -0.05) is 18.2 Å². The molecule has 2 heterocycles. The first-order valence-corrected chi connectivity index (χ1v) is 7.32. The van der Waals surface area contributed by atoms with Gasteiger partial charge in [-0.25, -0.2) is 0 Å². The van der Waals surface area contributed by atoms with Crippen molar-refractivity contribution in [2.75, 3.05) is 23.3 Å². The van der Waals surface area contributed by atoms with Gasteiger partial charge in [-0.05, 0) is 30.7 Å². The number of carbonyl (C=O) groups is 1. The van der Waals surface area contributed by atoms with Crippen LogP contribution in [0.3, 0.4) is 0 Å². The van der Waals surface area contributed by atoms with Gasteiger partial charge >= 0.3 is 0 Å². The maximum atomic E-state index is 12.6. The Morgan fingerprint density at radius 3 is 2.81 bits per heavy atom. The predicted octanol–water partition coefficient (Wildman–Crippen LogP) is 3.03. The van der Waals surface area contributed by atoms with Crippen molar-refractivity contribution in [3.8, 4) is 0 Å². The average Bonchev–Trinajstić information content (AvgIpc) is 2.92. The molecule has 0 aliphatic carbocycles. The number of anilines is 2. The van der Waals surface area contributed by atoms with Crippen molar-refractivity contribution in [1.29, 1.82) is 0 Å². The first-order chi connectivity index (χ1) is 10.3. The molecule has 4 heteroatoms. The number of fused-ring (bicyclic) bond motifs is 1. The Morgan fingerprint density at radius 2 is 2.05 bits per heavy atom. The molecule has 21 heavy (non-hydrogen) atoms. The van der Waals surface area contributed by atoms with Crippen LogP contribution in [0.15, 0.2) is 48.8 Å². The summed E-state index contributed by atoms with van der Waals surface area (Å²) in [5, 5.41) is 3.37. The van der Waals surface area contributed by atoms with Crippen molar-refractivity contribution < 1.29 is 4.79 Å². The van der Waals surface area contributed by atoms with Gasteiger partial charge in [-0.15, -0.1) is 0 Å². The molecule has 0 fully saturated rings. The van der Waals surface area contributed by atoms with Gasteiger partial charge in [0, 0.05) is 49.2 Å². The van der Waals surface area contributed by atoms with Crippen LogP contribution in [0.2, 0.25) is 0 Å². The lowest BCUT2D eigenvalue weighted by atomic mass is 9.97. The average molecular weight is 281 g/mol. The zero-order valence-electron chi connectivity index (χ0n) is 12.1. The van der Waals surface area contributed by atoms with Crippen molar-refractivity contribution in [3.05, 3.63) is 54.4 Å². The highest BCUT2D eigenvalue weighted by molar-refractivity contribution is 5.94. The second-order valence-electron chi connectivity index (χ2n) is 5.21. The lowest BCUT2D eigenvalue weighted by Crippen LogP contribution is -2.32. The van der Waals surface area contributed by atoms with E-state index < -0.39 is 0 Å². The van der Waals surface area contributed by atoms with E-state index in [0.29, 0.717) is 13.0 Å². The summed E-state index contributed by atoms with van der Waals surface area (Å²) < 4.78 is 0. The summed E-state index contributed by atoms with van der Waals surface area (Å²) in [5.74, 6) is 0.414. The molecule has 0 bridgehead atoms. The lowest BCUT2D eigenvalue weighted by Gasteiger charge is -2.22. The fraction of sp³-hybridized carbons (Fsp3) is 0.294. The Hall–Kier alpha value is -2.36. The molecular formula is C17H19N3O. The van der Waals surface area contributed by atoms with Crippen molar-refractivity contribution in [2.24, 2.45) is 0 Å². The Balaban J connectivity index is 1.75. The summed E-state index contributed by atoms with van der Waals surface area (Å²) >= 11 is 0. The molecule has 2 aromatic rings. The standard InChI is InChI=1S/C17H19N3O/c1-2-20(14-7-9-18-10-8-14)17(21)11-13-12-19-16-6-4-3-5-15(13)16/h3-10,13,19H,2,11-12H2,1H3. The van der Waals surface area contributed by atoms with Crippen LogP contribution in [0.1, 0.15) is 24.8 Å². The quantitative estimate of drug-likeness (QED) is 0.937. The zero-order chi connectivity index (χ0) is 14.7. The topological polar surface area (TPSA) is 45.2 Å². The van der Waals surface area contributed by atoms with E-state index in [0.717, 1.165) is 17.9 Å². The largest absolute Gasteiger partial charge is 0.384 e. The van der Waals surface area contributed by atoms with Gasteiger partial charge in [0.2, 0.25) is 5.91 Å². The zero-order valence-corrected chi connectivity index (χ0v) is 12.1. The highest BCUT2D eigenvalue weighted by Crippen LogP contribution is 2.33. The Bertz CT molecular complexity index is 627. The molecule has 1 aromatic heterocycles. The van der Waals surface area contributed by atoms with Crippen LogP contribution in [-0.2, 0) is 4.79 Å². The van der Waals surface area contributed by atoms with E-state index in [2.05, 4.69) is 22.4 Å². The highest BCUT2D eigenvalue weighted by atomic mass is 16.2. The summed E-state index contributed by atoms with van der Waals surface area (Å²) in [4.78, 5) is 18.4. The first kappa shape index (κ1) is 13.6. The third-order valence-corrected chi connectivity index (χ3v) is 3.95. The molecule has 0 saturated heterocycles. The van der Waals surface area contributed by atoms with Crippen LogP contribution >= 0.6 is 0 Å². The van der Waals surface area contributed by atoms with Crippen molar-refractivity contribution >= 4 is 17.3 Å². The molecule has 1 N–H and O–H groups in total. The molecule has 4 nitrogen and oxygen atoms in total. The molecule has 0 radical (unpaired) electrons. The highest BCUT2D eigenvalue weighted by Gasteiger charge is 2.26. The number of aromatic nitrogens is 1. The molecule has 1 amide bonds. The minimum absolute atomic E-state index is 0.159. The van der Waals surface area contributed by atoms with Gasteiger partial charge in [0.25, 0.3) is 0 Å². The Morgan fingerprint density at radius 1 is 1.29 bits per heavy atom. The molecule has 0 spiro atoms. The van der Waals surface area contributed by atoms with Crippen molar-refractivity contribution in [3.63, 3.8) is 0 Å². The summed E-state index contributed by atoms with van der Waals surface area (Å²) in [7, 11) is 0. The number of nitrogens with one attached hydrogen (secondary N) is 1. The molecule has 1 unspecified atom stereocenters. The summed E-state index contributed by atoms with van der Waals surface area (Å²) in [5.41, 5.74) is 3.32. The maximum absolute atomic E-state index is 12.6. The smallest absolute Gasteiger partial charge is 0.227 e. The van der Waals surface area contributed by atoms with Crippen LogP contribution in [0.4, 0.5) is 11.4 Å². The maximum Gasteiger partial charge on any atom is 0.227 e. The van der Waals surface area contributed by atoms with Gasteiger partial charge in [0.1, 0.15) is 0 Å². The lowest BCUT2D eigenvalue weighted by molar-refractivity contribution is -0.118. The number of pyridine rings is 1. The van der Waals surface area contributed by atoms with Crippen LogP contribution in [0, 0.1) is 0 Å². The van der Waals surface area contributed by atoms with Gasteiger partial charge in [-0.2, -0.15) is 0 Å². The third kappa shape index (κ3) is 2.75. The van der Waals surface area contributed by atoms with E-state index in [4.69, 9.17) is 0 Å². The second-order valence-corrected chi connectivity index (χ2v) is 5.21. The van der Waals surface area contributed by atoms with Gasteiger partial charge in [0.05, 0.1) is 0 Å². The van der Waals surface area contributed by atoms with E-state index in [1.165, 1.54) is 5.56 Å². The number of hydrogen-bond acceptors (Lipinski definition) is 3. The summed E-state index contributed by atoms with van der Waals surface area (Å²) in [6, 6.07) is 12.0. The van der Waals surface area contributed by atoms with Crippen LogP contribution in [-0.4, -0.2) is 24.0 Å². The predicted molar refractivity (Wildman–Crippen MR) is 84.6 cm³/mol. The number of nitrogens with zero attached hydrogens (tertiary/aromatic N) is 2. The van der Waals surface area contributed by atoms with Crippen molar-refractivity contribution in [1.82, 2.24) is 4.98 Å². The minimum Gasteiger partial charge on any atom is -0.384 e. The normalized spacial score (nSPS) is 16.1. The van der Waals surface area contributed by atoms with E-state index >= 15 is 0 Å². The molecular weight excluding hydrogens is 262 g/mol. The Labute approximate surface area is 124 Å². The molecule has 0 saturated carbocycles. The number of para-hydroxylation sites is 1. The van der Waals surface area contributed by atoms with Crippen LogP contribution in [0.5, 0.6) is 0 Å². The molecule has 3 rings (SSSR count). The van der Waals surface area contributed by atoms with E-state index in [-0.39, 0.29) is 11.8 Å². The second kappa shape index (κ2) is 5.95. The van der Waals surface area contributed by atoms with Gasteiger partial charge in [0.15, 0.2) is 0 Å². The molecule has 1 aliphatic rings. The van der Waals surface area contributed by atoms with Crippen LogP contribution < -0.4 is 10.2 Å². The number of hydrogen-bond donors (Lipinski definition) is 1. The van der Waals surface area contributed by atoms with Crippen LogP contribution in [0.25, 0.3) is 0 Å². The number of rotatable bonds is 4. The van der Waals surface area contributed by atoms with E-state index in [9.17, 15) is 4.79 Å². The summed E-state index contributed by atoms with van der Waals surface area (Å²) in [6.07, 6.45) is 3.97. The van der Waals surface area contributed by atoms with E-state index in [1.54, 1.807) is 12.4 Å².